The van der Waals surface area contributed by atoms with Gasteiger partial charge in [0.2, 0.25) is 5.91 Å². The Morgan fingerprint density at radius 1 is 0.941 bits per heavy atom. The number of nitrogens with two attached hydrogens (primary N) is 1. The lowest BCUT2D eigenvalue weighted by Crippen LogP contribution is -2.48. The maximum atomic E-state index is 12.6. The molecule has 174 valence electrons. The van der Waals surface area contributed by atoms with Crippen molar-refractivity contribution in [1.82, 2.24) is 4.90 Å². The summed E-state index contributed by atoms with van der Waals surface area (Å²) in [6.45, 7) is 2.73. The molecule has 0 radical (unpaired) electrons. The molecule has 1 saturated heterocycles. The van der Waals surface area contributed by atoms with Gasteiger partial charge in [0.25, 0.3) is 5.91 Å². The molecule has 0 aliphatic carbocycles. The van der Waals surface area contributed by atoms with E-state index >= 15 is 0 Å². The predicted molar refractivity (Wildman–Crippen MR) is 136 cm³/mol. The quantitative estimate of drug-likeness (QED) is 0.434. The fraction of sp³-hybridized carbons (Fsp3) is 0.185. The average Bonchev–Trinajstić information content (AvgIpc) is 2.89. The number of methoxy groups -OCH3 is 1. The van der Waals surface area contributed by atoms with Crippen LogP contribution in [0.3, 0.4) is 0 Å². The van der Waals surface area contributed by atoms with Gasteiger partial charge in [-0.3, -0.25) is 9.59 Å². The maximum Gasteiger partial charge on any atom is 0.255 e. The Bertz CT molecular complexity index is 1180. The minimum Gasteiger partial charge on any atom is -0.497 e. The molecule has 2 amide bonds. The van der Waals surface area contributed by atoms with E-state index in [-0.39, 0.29) is 11.8 Å². The Balaban J connectivity index is 1.30. The van der Waals surface area contributed by atoms with Crippen LogP contribution in [0.1, 0.15) is 15.9 Å². The van der Waals surface area contributed by atoms with E-state index in [2.05, 4.69) is 10.2 Å². The van der Waals surface area contributed by atoms with Crippen molar-refractivity contribution >= 4 is 35.0 Å². The van der Waals surface area contributed by atoms with Crippen LogP contribution in [0.2, 0.25) is 0 Å². The molecule has 3 aromatic rings. The summed E-state index contributed by atoms with van der Waals surface area (Å²) < 4.78 is 5.22. The van der Waals surface area contributed by atoms with E-state index in [0.717, 1.165) is 30.1 Å². The molecule has 1 aliphatic heterocycles. The van der Waals surface area contributed by atoms with E-state index in [1.807, 2.05) is 59.5 Å². The number of rotatable bonds is 6. The molecule has 3 aromatic carbocycles. The molecule has 0 atom stereocenters. The van der Waals surface area contributed by atoms with Crippen molar-refractivity contribution in [1.29, 1.82) is 0 Å². The van der Waals surface area contributed by atoms with Crippen molar-refractivity contribution in [3.05, 3.63) is 90.0 Å². The van der Waals surface area contributed by atoms with Crippen molar-refractivity contribution in [3.8, 4) is 5.75 Å². The molecule has 1 fully saturated rings. The van der Waals surface area contributed by atoms with Crippen LogP contribution in [0, 0.1) is 0 Å². The monoisotopic (exact) mass is 456 g/mol. The summed E-state index contributed by atoms with van der Waals surface area (Å²) in [6, 6.07) is 22.2. The Morgan fingerprint density at radius 3 is 2.38 bits per heavy atom. The molecule has 1 aliphatic rings. The highest BCUT2D eigenvalue weighted by Gasteiger charge is 2.20. The predicted octanol–water partition coefficient (Wildman–Crippen LogP) is 3.89. The fourth-order valence-corrected chi connectivity index (χ4v) is 3.83. The molecule has 1 heterocycles. The molecule has 0 spiro atoms. The largest absolute Gasteiger partial charge is 0.497 e. The third-order valence-electron chi connectivity index (χ3n) is 5.81. The van der Waals surface area contributed by atoms with E-state index in [0.29, 0.717) is 30.0 Å². The van der Waals surface area contributed by atoms with Gasteiger partial charge in [0.1, 0.15) is 5.75 Å². The zero-order valence-electron chi connectivity index (χ0n) is 19.1. The normalized spacial score (nSPS) is 13.7. The third kappa shape index (κ3) is 5.56. The number of benzene rings is 3. The first-order valence-corrected chi connectivity index (χ1v) is 11.2. The number of nitrogens with zero attached hydrogens (tertiary/aromatic N) is 2. The van der Waals surface area contributed by atoms with Gasteiger partial charge in [-0.25, -0.2) is 0 Å². The van der Waals surface area contributed by atoms with Crippen LogP contribution in [0.25, 0.3) is 6.08 Å². The van der Waals surface area contributed by atoms with E-state index < -0.39 is 0 Å². The Labute approximate surface area is 199 Å². The number of nitrogens with one attached hydrogen (secondary N) is 1. The molecule has 0 aromatic heterocycles. The first-order chi connectivity index (χ1) is 16.5. The van der Waals surface area contributed by atoms with Crippen LogP contribution in [-0.2, 0) is 4.79 Å². The van der Waals surface area contributed by atoms with Gasteiger partial charge in [-0.2, -0.15) is 0 Å². The highest BCUT2D eigenvalue weighted by molar-refractivity contribution is 6.05. The zero-order valence-corrected chi connectivity index (χ0v) is 19.1. The number of carbonyl (C=O) groups is 2. The second-order valence-electron chi connectivity index (χ2n) is 8.01. The van der Waals surface area contributed by atoms with Crippen LogP contribution in [0.15, 0.2) is 78.9 Å². The summed E-state index contributed by atoms with van der Waals surface area (Å²) in [5.41, 5.74) is 9.53. The van der Waals surface area contributed by atoms with E-state index in [1.54, 1.807) is 37.5 Å². The number of carbonyl (C=O) groups excluding carboxylic acids is 2. The molecule has 4 rings (SSSR count). The van der Waals surface area contributed by atoms with Gasteiger partial charge < -0.3 is 25.6 Å². The number of hydrogen-bond donors (Lipinski definition) is 2. The number of amides is 2. The first kappa shape index (κ1) is 22.9. The number of piperazine rings is 1. The number of hydrogen-bond acceptors (Lipinski definition) is 5. The SMILES string of the molecule is COc1cccc(/C=C/C(=O)N2CCN(c3ccc(C(=O)Nc4ccccc4N)cc3)CC2)c1. The minimum absolute atomic E-state index is 0.00493. The average molecular weight is 457 g/mol. The number of nitrogen functional groups attached to an aromatic ring is 1. The summed E-state index contributed by atoms with van der Waals surface area (Å²) in [7, 11) is 1.62. The number of anilines is 3. The van der Waals surface area contributed by atoms with Gasteiger partial charge in [0.15, 0.2) is 0 Å². The fourth-order valence-electron chi connectivity index (χ4n) is 3.83. The molecule has 34 heavy (non-hydrogen) atoms. The van der Waals surface area contributed by atoms with Gasteiger partial charge in [-0.1, -0.05) is 24.3 Å². The van der Waals surface area contributed by atoms with E-state index in [9.17, 15) is 9.59 Å². The summed E-state index contributed by atoms with van der Waals surface area (Å²) in [5.74, 6) is 0.549. The molecule has 0 bridgehead atoms. The van der Waals surface area contributed by atoms with Gasteiger partial charge in [0.05, 0.1) is 18.5 Å². The molecule has 0 unspecified atom stereocenters. The van der Waals surface area contributed by atoms with Crippen LogP contribution in [-0.4, -0.2) is 50.0 Å². The van der Waals surface area contributed by atoms with Gasteiger partial charge >= 0.3 is 0 Å². The van der Waals surface area contributed by atoms with Crippen molar-refractivity contribution in [2.24, 2.45) is 0 Å². The van der Waals surface area contributed by atoms with Crippen molar-refractivity contribution < 1.29 is 14.3 Å². The van der Waals surface area contributed by atoms with Crippen molar-refractivity contribution in [2.45, 2.75) is 0 Å². The van der Waals surface area contributed by atoms with Gasteiger partial charge in [-0.15, -0.1) is 0 Å². The van der Waals surface area contributed by atoms with E-state index in [1.165, 1.54) is 0 Å². The van der Waals surface area contributed by atoms with Gasteiger partial charge in [0, 0.05) is 43.5 Å². The summed E-state index contributed by atoms with van der Waals surface area (Å²) in [4.78, 5) is 29.2. The van der Waals surface area contributed by atoms with Crippen LogP contribution < -0.4 is 20.7 Å². The lowest BCUT2D eigenvalue weighted by molar-refractivity contribution is -0.126. The Kier molecular flexibility index (Phi) is 7.13. The van der Waals surface area contributed by atoms with E-state index in [4.69, 9.17) is 10.5 Å². The second kappa shape index (κ2) is 10.6. The van der Waals surface area contributed by atoms with Crippen molar-refractivity contribution in [3.63, 3.8) is 0 Å². The second-order valence-corrected chi connectivity index (χ2v) is 8.01. The molecular weight excluding hydrogens is 428 g/mol. The maximum absolute atomic E-state index is 12.6. The van der Waals surface area contributed by atoms with Crippen LogP contribution in [0.4, 0.5) is 17.1 Å². The zero-order chi connectivity index (χ0) is 23.9. The molecule has 3 N–H and O–H groups in total. The standard InChI is InChI=1S/C27H28N4O3/c1-34-23-6-4-5-20(19-23)9-14-26(32)31-17-15-30(16-18-31)22-12-10-21(11-13-22)27(33)29-25-8-3-2-7-24(25)28/h2-14,19H,15-18,28H2,1H3,(H,29,33)/b14-9+. The number of para-hydroxylation sites is 2. The third-order valence-corrected chi connectivity index (χ3v) is 5.81. The molecule has 0 saturated carbocycles. The lowest BCUT2D eigenvalue weighted by Gasteiger charge is -2.35. The highest BCUT2D eigenvalue weighted by Crippen LogP contribution is 2.21. The lowest BCUT2D eigenvalue weighted by atomic mass is 10.1. The van der Waals surface area contributed by atoms with Gasteiger partial charge in [-0.05, 0) is 60.2 Å². The highest BCUT2D eigenvalue weighted by atomic mass is 16.5. The first-order valence-electron chi connectivity index (χ1n) is 11.2. The molecule has 7 nitrogen and oxygen atoms in total. The molecule has 7 heteroatoms. The number of ether oxygens (including phenoxy) is 1. The van der Waals surface area contributed by atoms with Crippen LogP contribution >= 0.6 is 0 Å². The Morgan fingerprint density at radius 2 is 1.68 bits per heavy atom. The van der Waals surface area contributed by atoms with Crippen LogP contribution in [0.5, 0.6) is 5.75 Å². The Hall–Kier alpha value is -4.26. The minimum atomic E-state index is -0.206. The van der Waals surface area contributed by atoms with Crippen molar-refractivity contribution in [2.75, 3.05) is 49.2 Å². The summed E-state index contributed by atoms with van der Waals surface area (Å²) in [5, 5.41) is 2.84. The summed E-state index contributed by atoms with van der Waals surface area (Å²) >= 11 is 0. The summed E-state index contributed by atoms with van der Waals surface area (Å²) in [6.07, 6.45) is 3.42. The smallest absolute Gasteiger partial charge is 0.255 e. The topological polar surface area (TPSA) is 87.9 Å². The molecular formula is C27H28N4O3.